The van der Waals surface area contributed by atoms with Crippen LogP contribution in [0.1, 0.15) is 77.2 Å². The largest absolute Gasteiger partial charge is 0.127 e. The molecule has 0 radical (unpaired) electrons. The molecular formula is C21H30Br2S3. The highest BCUT2D eigenvalue weighted by Gasteiger charge is 2.17. The molecule has 2 aromatic heterocycles. The van der Waals surface area contributed by atoms with Gasteiger partial charge in [-0.05, 0) is 74.6 Å². The Morgan fingerprint density at radius 1 is 0.769 bits per heavy atom. The molecule has 0 aliphatic rings. The molecule has 0 unspecified atom stereocenters. The Hall–Kier alpha value is 0.710. The van der Waals surface area contributed by atoms with E-state index >= 15 is 0 Å². The maximum Gasteiger partial charge on any atom is 0.0716 e. The van der Waals surface area contributed by atoms with Crippen LogP contribution in [0.5, 0.6) is 0 Å². The summed E-state index contributed by atoms with van der Waals surface area (Å²) in [5, 5.41) is 0. The maximum absolute atomic E-state index is 3.73. The van der Waals surface area contributed by atoms with Crippen LogP contribution in [0.2, 0.25) is 0 Å². The fourth-order valence-electron chi connectivity index (χ4n) is 3.01. The van der Waals surface area contributed by atoms with Crippen LogP contribution in [0.4, 0.5) is 0 Å². The average molecular weight is 538 g/mol. The van der Waals surface area contributed by atoms with Gasteiger partial charge in [0.1, 0.15) is 0 Å². The Morgan fingerprint density at radius 2 is 1.38 bits per heavy atom. The van der Waals surface area contributed by atoms with Gasteiger partial charge in [0.2, 0.25) is 0 Å². The van der Waals surface area contributed by atoms with Crippen LogP contribution in [0.25, 0.3) is 9.75 Å². The van der Waals surface area contributed by atoms with Gasteiger partial charge >= 0.3 is 0 Å². The fraction of sp³-hybridized carbons (Fsp3) is 0.619. The van der Waals surface area contributed by atoms with Crippen molar-refractivity contribution in [1.29, 1.82) is 0 Å². The third kappa shape index (κ3) is 7.62. The monoisotopic (exact) mass is 536 g/mol. The first-order valence-corrected chi connectivity index (χ1v) is 14.1. The summed E-state index contributed by atoms with van der Waals surface area (Å²) in [5.41, 5.74) is 1.53. The van der Waals surface area contributed by atoms with Gasteiger partial charge in [-0.15, -0.1) is 34.4 Å². The topological polar surface area (TPSA) is 0 Å². The molecule has 0 fully saturated rings. The van der Waals surface area contributed by atoms with Gasteiger partial charge in [-0.25, -0.2) is 0 Å². The highest BCUT2D eigenvalue weighted by molar-refractivity contribution is 9.11. The summed E-state index contributed by atoms with van der Waals surface area (Å²) in [6.07, 6.45) is 13.3. The van der Waals surface area contributed by atoms with Crippen LogP contribution in [-0.2, 0) is 6.42 Å². The van der Waals surface area contributed by atoms with Crippen molar-refractivity contribution in [2.45, 2.75) is 83.0 Å². The molecule has 0 atom stereocenters. The molecule has 146 valence electrons. The van der Waals surface area contributed by atoms with Crippen molar-refractivity contribution < 1.29 is 0 Å². The number of unbranched alkanes of at least 4 members (excludes halogenated alkanes) is 7. The molecule has 0 aromatic carbocycles. The van der Waals surface area contributed by atoms with E-state index in [-0.39, 0.29) is 0 Å². The van der Waals surface area contributed by atoms with E-state index in [4.69, 9.17) is 0 Å². The lowest BCUT2D eigenvalue weighted by Gasteiger charge is -2.06. The van der Waals surface area contributed by atoms with Gasteiger partial charge in [0.05, 0.1) is 12.4 Å². The summed E-state index contributed by atoms with van der Waals surface area (Å²) in [5.74, 6) is 1.23. The molecule has 2 aromatic rings. The second-order valence-electron chi connectivity index (χ2n) is 6.72. The van der Waals surface area contributed by atoms with E-state index in [1.807, 2.05) is 34.4 Å². The average Bonchev–Trinajstić information content (AvgIpc) is 3.16. The minimum atomic E-state index is 1.21. The van der Waals surface area contributed by atoms with Gasteiger partial charge < -0.3 is 0 Å². The normalized spacial score (nSPS) is 11.4. The van der Waals surface area contributed by atoms with Crippen molar-refractivity contribution in [2.24, 2.45) is 0 Å². The zero-order chi connectivity index (χ0) is 18.8. The van der Waals surface area contributed by atoms with Gasteiger partial charge in [-0.1, -0.05) is 58.8 Å². The summed E-state index contributed by atoms with van der Waals surface area (Å²) in [6, 6.07) is 4.67. The zero-order valence-corrected chi connectivity index (χ0v) is 21.5. The number of halogens is 2. The molecular weight excluding hydrogens is 508 g/mol. The highest BCUT2D eigenvalue weighted by atomic mass is 79.9. The van der Waals surface area contributed by atoms with E-state index in [2.05, 4.69) is 57.8 Å². The maximum atomic E-state index is 3.73. The Bertz CT molecular complexity index is 589. The number of hydrogen-bond donors (Lipinski definition) is 0. The molecule has 0 aliphatic carbocycles. The lowest BCUT2D eigenvalue weighted by molar-refractivity contribution is 0.633. The van der Waals surface area contributed by atoms with Gasteiger partial charge in [0, 0.05) is 9.77 Å². The fourth-order valence-corrected chi connectivity index (χ4v) is 7.98. The third-order valence-electron chi connectivity index (χ3n) is 4.46. The number of rotatable bonds is 13. The Labute approximate surface area is 188 Å². The number of aryl methyl sites for hydroxylation is 1. The quantitative estimate of drug-likeness (QED) is 0.181. The van der Waals surface area contributed by atoms with Crippen LogP contribution in [-0.4, -0.2) is 5.75 Å². The Morgan fingerprint density at radius 3 is 2.12 bits per heavy atom. The van der Waals surface area contributed by atoms with Crippen LogP contribution in [0.15, 0.2) is 24.6 Å². The van der Waals surface area contributed by atoms with E-state index in [9.17, 15) is 0 Å². The molecule has 0 bridgehead atoms. The molecule has 5 heteroatoms. The minimum absolute atomic E-state index is 1.21. The lowest BCUT2D eigenvalue weighted by Crippen LogP contribution is -1.87. The predicted molar refractivity (Wildman–Crippen MR) is 130 cm³/mol. The standard InChI is InChI=1S/C21H30Br2S3/c1-3-5-7-9-10-12-16-14-18(22)25-20(16)21-17(15-19(23)26-21)24-13-11-8-6-4-2/h14-15H,3-13H2,1-2H3. The number of hydrogen-bond acceptors (Lipinski definition) is 3. The first-order valence-electron chi connectivity index (χ1n) is 9.86. The first kappa shape index (κ1) is 23.0. The van der Waals surface area contributed by atoms with E-state index in [1.54, 1.807) is 0 Å². The van der Waals surface area contributed by atoms with Crippen LogP contribution < -0.4 is 0 Å². The van der Waals surface area contributed by atoms with Crippen molar-refractivity contribution in [1.82, 2.24) is 0 Å². The van der Waals surface area contributed by atoms with Crippen LogP contribution in [0, 0.1) is 0 Å². The molecule has 2 heterocycles. The second kappa shape index (κ2) is 13.0. The molecule has 2 rings (SSSR count). The summed E-state index contributed by atoms with van der Waals surface area (Å²) < 4.78 is 2.52. The van der Waals surface area contributed by atoms with Crippen molar-refractivity contribution in [2.75, 3.05) is 5.75 Å². The van der Waals surface area contributed by atoms with Crippen molar-refractivity contribution in [3.05, 3.63) is 25.3 Å². The molecule has 0 spiro atoms. The van der Waals surface area contributed by atoms with Crippen molar-refractivity contribution >= 4 is 66.3 Å². The van der Waals surface area contributed by atoms with Gasteiger partial charge in [0.25, 0.3) is 0 Å². The SMILES string of the molecule is CCCCCCCc1cc(Br)sc1-c1sc(Br)cc1SCCCCCC. The molecule has 0 saturated heterocycles. The zero-order valence-electron chi connectivity index (χ0n) is 15.9. The molecule has 0 aliphatic heterocycles. The van der Waals surface area contributed by atoms with Crippen LogP contribution >= 0.6 is 66.3 Å². The van der Waals surface area contributed by atoms with E-state index in [0.717, 1.165) is 0 Å². The summed E-state index contributed by atoms with van der Waals surface area (Å²) in [6.45, 7) is 4.56. The van der Waals surface area contributed by atoms with Gasteiger partial charge in [-0.2, -0.15) is 0 Å². The molecule has 0 saturated carbocycles. The molecule has 26 heavy (non-hydrogen) atoms. The minimum Gasteiger partial charge on any atom is -0.127 e. The molecule has 0 nitrogen and oxygen atoms in total. The first-order chi connectivity index (χ1) is 12.7. The molecule has 0 amide bonds. The summed E-state index contributed by atoms with van der Waals surface area (Å²) >= 11 is 13.3. The summed E-state index contributed by atoms with van der Waals surface area (Å²) in [4.78, 5) is 4.41. The summed E-state index contributed by atoms with van der Waals surface area (Å²) in [7, 11) is 0. The van der Waals surface area contributed by atoms with E-state index in [0.29, 0.717) is 0 Å². The smallest absolute Gasteiger partial charge is 0.0716 e. The van der Waals surface area contributed by atoms with Crippen LogP contribution in [0.3, 0.4) is 0 Å². The number of thioether (sulfide) groups is 1. The lowest BCUT2D eigenvalue weighted by atomic mass is 10.1. The van der Waals surface area contributed by atoms with Gasteiger partial charge in [0.15, 0.2) is 0 Å². The Balaban J connectivity index is 2.03. The highest BCUT2D eigenvalue weighted by Crippen LogP contribution is 2.47. The van der Waals surface area contributed by atoms with Gasteiger partial charge in [-0.3, -0.25) is 0 Å². The number of thiophene rings is 2. The van der Waals surface area contributed by atoms with Crippen molar-refractivity contribution in [3.63, 3.8) is 0 Å². The predicted octanol–water partition coefficient (Wildman–Crippen LogP) is 10.2. The second-order valence-corrected chi connectivity index (χ2v) is 12.7. The van der Waals surface area contributed by atoms with Crippen molar-refractivity contribution in [3.8, 4) is 9.75 Å². The Kier molecular flexibility index (Phi) is 11.5. The third-order valence-corrected chi connectivity index (χ3v) is 9.20. The van der Waals surface area contributed by atoms with E-state index in [1.165, 1.54) is 97.7 Å². The molecule has 0 N–H and O–H groups in total. The van der Waals surface area contributed by atoms with E-state index < -0.39 is 0 Å².